The molecule has 0 atom stereocenters. The van der Waals surface area contributed by atoms with E-state index in [0.29, 0.717) is 0 Å². The molecule has 2 aromatic rings. The fourth-order valence-corrected chi connectivity index (χ4v) is 2.53. The molecule has 2 nitrogen and oxygen atoms in total. The highest BCUT2D eigenvalue weighted by molar-refractivity contribution is 7.12. The molecule has 0 radical (unpaired) electrons. The molecule has 14 heavy (non-hydrogen) atoms. The molecule has 0 saturated heterocycles. The lowest BCUT2D eigenvalue weighted by atomic mass is 10.2. The number of hydrogen-bond acceptors (Lipinski definition) is 4. The van der Waals surface area contributed by atoms with Gasteiger partial charge in [-0.1, -0.05) is 0 Å². The second-order valence-corrected chi connectivity index (χ2v) is 4.38. The van der Waals surface area contributed by atoms with Crippen LogP contribution in [0, 0.1) is 0 Å². The number of ether oxygens (including phenoxy) is 1. The Bertz CT molecular complexity index is 429. The third-order valence-corrected chi connectivity index (χ3v) is 3.41. The molecular formula is C10H8O2S2. The van der Waals surface area contributed by atoms with Crippen molar-refractivity contribution >= 4 is 28.5 Å². The van der Waals surface area contributed by atoms with Crippen LogP contribution in [0.25, 0.3) is 0 Å². The van der Waals surface area contributed by atoms with E-state index in [2.05, 4.69) is 0 Å². The molecule has 0 spiro atoms. The predicted molar refractivity (Wildman–Crippen MR) is 58.6 cm³/mol. The largest absolute Gasteiger partial charge is 0.496 e. The zero-order valence-electron chi connectivity index (χ0n) is 7.52. The van der Waals surface area contributed by atoms with Crippen LogP contribution in [0.2, 0.25) is 0 Å². The summed E-state index contributed by atoms with van der Waals surface area (Å²) in [5.74, 6) is 0.813. The fraction of sp³-hybridized carbons (Fsp3) is 0.100. The lowest BCUT2D eigenvalue weighted by Crippen LogP contribution is -1.95. The lowest BCUT2D eigenvalue weighted by Gasteiger charge is -1.92. The molecule has 0 fully saturated rings. The van der Waals surface area contributed by atoms with Crippen LogP contribution < -0.4 is 4.74 Å². The fourth-order valence-electron chi connectivity index (χ4n) is 1.08. The van der Waals surface area contributed by atoms with Crippen molar-refractivity contribution in [1.29, 1.82) is 0 Å². The first kappa shape index (κ1) is 9.43. The number of hydrogen-bond donors (Lipinski definition) is 0. The molecular weight excluding hydrogens is 216 g/mol. The van der Waals surface area contributed by atoms with E-state index in [1.807, 2.05) is 22.2 Å². The number of ketones is 1. The summed E-state index contributed by atoms with van der Waals surface area (Å²) in [6, 6.07) is 3.60. The lowest BCUT2D eigenvalue weighted by molar-refractivity contribution is 0.104. The highest BCUT2D eigenvalue weighted by atomic mass is 32.1. The van der Waals surface area contributed by atoms with Gasteiger partial charge in [0, 0.05) is 22.4 Å². The average molecular weight is 224 g/mol. The zero-order valence-corrected chi connectivity index (χ0v) is 9.15. The standard InChI is InChI=1S/C10H8O2S2/c1-12-8-4-9(14-6-8)10(11)7-2-3-13-5-7/h2-6H,1H3. The Kier molecular flexibility index (Phi) is 2.65. The Morgan fingerprint density at radius 3 is 2.86 bits per heavy atom. The van der Waals surface area contributed by atoms with Crippen LogP contribution in [0.15, 0.2) is 28.3 Å². The maximum Gasteiger partial charge on any atom is 0.203 e. The van der Waals surface area contributed by atoms with E-state index in [0.717, 1.165) is 16.2 Å². The third-order valence-electron chi connectivity index (χ3n) is 1.82. The number of carbonyl (C=O) groups excluding carboxylic acids is 1. The second kappa shape index (κ2) is 3.94. The molecule has 0 aliphatic heterocycles. The van der Waals surface area contributed by atoms with Crippen LogP contribution >= 0.6 is 22.7 Å². The van der Waals surface area contributed by atoms with Crippen LogP contribution in [0.1, 0.15) is 15.2 Å². The summed E-state index contributed by atoms with van der Waals surface area (Å²) in [5.41, 5.74) is 0.750. The minimum atomic E-state index is 0.0690. The molecule has 0 aliphatic carbocycles. The molecule has 2 aromatic heterocycles. The van der Waals surface area contributed by atoms with Gasteiger partial charge in [-0.05, 0) is 11.4 Å². The maximum atomic E-state index is 11.8. The van der Waals surface area contributed by atoms with Crippen molar-refractivity contribution < 1.29 is 9.53 Å². The molecule has 4 heteroatoms. The van der Waals surface area contributed by atoms with Gasteiger partial charge in [0.25, 0.3) is 0 Å². The van der Waals surface area contributed by atoms with Crippen LogP contribution in [0.4, 0.5) is 0 Å². The SMILES string of the molecule is COc1csc(C(=O)c2ccsc2)c1. The molecule has 0 N–H and O–H groups in total. The Balaban J connectivity index is 2.28. The molecule has 0 amide bonds. The normalized spacial score (nSPS) is 10.1. The summed E-state index contributed by atoms with van der Waals surface area (Å²) in [6.45, 7) is 0. The van der Waals surface area contributed by atoms with Crippen molar-refractivity contribution in [1.82, 2.24) is 0 Å². The monoisotopic (exact) mass is 224 g/mol. The average Bonchev–Trinajstić information content (AvgIpc) is 2.88. The van der Waals surface area contributed by atoms with Gasteiger partial charge < -0.3 is 4.74 Å². The van der Waals surface area contributed by atoms with E-state index in [1.165, 1.54) is 22.7 Å². The van der Waals surface area contributed by atoms with Gasteiger partial charge >= 0.3 is 0 Å². The summed E-state index contributed by atoms with van der Waals surface area (Å²) < 4.78 is 5.02. The van der Waals surface area contributed by atoms with Crippen molar-refractivity contribution in [2.75, 3.05) is 7.11 Å². The highest BCUT2D eigenvalue weighted by Crippen LogP contribution is 2.24. The quantitative estimate of drug-likeness (QED) is 0.749. The number of rotatable bonds is 3. The first-order chi connectivity index (χ1) is 6.81. The molecule has 0 aliphatic rings. The van der Waals surface area contributed by atoms with Gasteiger partial charge in [-0.15, -0.1) is 11.3 Å². The molecule has 2 heterocycles. The molecule has 72 valence electrons. The molecule has 0 bridgehead atoms. The number of methoxy groups -OCH3 is 1. The Labute approximate surface area is 89.8 Å². The van der Waals surface area contributed by atoms with Crippen molar-refractivity contribution in [2.45, 2.75) is 0 Å². The molecule has 0 unspecified atom stereocenters. The Hall–Kier alpha value is -1.13. The third kappa shape index (κ3) is 1.71. The van der Waals surface area contributed by atoms with E-state index in [4.69, 9.17) is 4.74 Å². The summed E-state index contributed by atoms with van der Waals surface area (Å²) in [5, 5.41) is 5.59. The Morgan fingerprint density at radius 1 is 1.43 bits per heavy atom. The predicted octanol–water partition coefficient (Wildman–Crippen LogP) is 3.05. The van der Waals surface area contributed by atoms with Crippen LogP contribution in [0.3, 0.4) is 0 Å². The van der Waals surface area contributed by atoms with Gasteiger partial charge in [0.05, 0.1) is 12.0 Å². The number of thiophene rings is 2. The minimum absolute atomic E-state index is 0.0690. The molecule has 2 rings (SSSR count). The van der Waals surface area contributed by atoms with Crippen molar-refractivity contribution in [3.8, 4) is 5.75 Å². The first-order valence-electron chi connectivity index (χ1n) is 4.00. The van der Waals surface area contributed by atoms with Gasteiger partial charge in [-0.3, -0.25) is 4.79 Å². The van der Waals surface area contributed by atoms with Crippen molar-refractivity contribution in [3.63, 3.8) is 0 Å². The van der Waals surface area contributed by atoms with E-state index in [-0.39, 0.29) is 5.78 Å². The smallest absolute Gasteiger partial charge is 0.203 e. The second-order valence-electron chi connectivity index (χ2n) is 2.69. The summed E-state index contributed by atoms with van der Waals surface area (Å²) in [7, 11) is 1.60. The maximum absolute atomic E-state index is 11.8. The van der Waals surface area contributed by atoms with Crippen LogP contribution in [-0.2, 0) is 0 Å². The van der Waals surface area contributed by atoms with E-state index >= 15 is 0 Å². The van der Waals surface area contributed by atoms with Gasteiger partial charge in [0.15, 0.2) is 0 Å². The summed E-state index contributed by atoms with van der Waals surface area (Å²) in [4.78, 5) is 12.5. The number of carbonyl (C=O) groups is 1. The minimum Gasteiger partial charge on any atom is -0.496 e. The first-order valence-corrected chi connectivity index (χ1v) is 5.83. The molecule has 0 saturated carbocycles. The molecule has 0 aromatic carbocycles. The topological polar surface area (TPSA) is 26.3 Å². The van der Waals surface area contributed by atoms with Crippen molar-refractivity contribution in [3.05, 3.63) is 38.7 Å². The zero-order chi connectivity index (χ0) is 9.97. The summed E-state index contributed by atoms with van der Waals surface area (Å²) in [6.07, 6.45) is 0. The van der Waals surface area contributed by atoms with E-state index < -0.39 is 0 Å². The van der Waals surface area contributed by atoms with E-state index in [1.54, 1.807) is 13.2 Å². The summed E-state index contributed by atoms with van der Waals surface area (Å²) >= 11 is 2.94. The van der Waals surface area contributed by atoms with Gasteiger partial charge in [-0.25, -0.2) is 0 Å². The van der Waals surface area contributed by atoms with Gasteiger partial charge in [0.1, 0.15) is 5.75 Å². The Morgan fingerprint density at radius 2 is 2.29 bits per heavy atom. The van der Waals surface area contributed by atoms with Crippen LogP contribution in [0.5, 0.6) is 5.75 Å². The van der Waals surface area contributed by atoms with E-state index in [9.17, 15) is 4.79 Å². The van der Waals surface area contributed by atoms with Crippen LogP contribution in [-0.4, -0.2) is 12.9 Å². The highest BCUT2D eigenvalue weighted by Gasteiger charge is 2.11. The van der Waals surface area contributed by atoms with Gasteiger partial charge in [-0.2, -0.15) is 11.3 Å². The van der Waals surface area contributed by atoms with Gasteiger partial charge in [0.2, 0.25) is 5.78 Å². The van der Waals surface area contributed by atoms with Crippen molar-refractivity contribution in [2.24, 2.45) is 0 Å².